The van der Waals surface area contributed by atoms with Crippen LogP contribution in [0.15, 0.2) is 18.2 Å². The number of Topliss-reactive ketones (excluding diaryl/α,β-unsaturated/α-hetero) is 1. The lowest BCUT2D eigenvalue weighted by Crippen LogP contribution is -2.10. The molecule has 1 N–H and O–H groups in total. The number of hydrogen-bond acceptors (Lipinski definition) is 3. The molecule has 0 aliphatic rings. The topological polar surface area (TPSA) is 63.6 Å². The van der Waals surface area contributed by atoms with Gasteiger partial charge in [-0.2, -0.15) is 0 Å². The van der Waals surface area contributed by atoms with Crippen molar-refractivity contribution in [2.24, 2.45) is 5.92 Å². The predicted molar refractivity (Wildman–Crippen MR) is 68.1 cm³/mol. The van der Waals surface area contributed by atoms with Gasteiger partial charge in [0.15, 0.2) is 5.78 Å². The highest BCUT2D eigenvalue weighted by atomic mass is 16.5. The molecular weight excluding hydrogens is 232 g/mol. The maximum Gasteiger partial charge on any atom is 0.303 e. The minimum absolute atomic E-state index is 0.00373. The number of carbonyl (C=O) groups is 2. The fourth-order valence-electron chi connectivity index (χ4n) is 1.67. The Bertz CT molecular complexity index is 449. The molecule has 4 nitrogen and oxygen atoms in total. The molecule has 0 saturated carbocycles. The number of aryl methyl sites for hydroxylation is 1. The minimum atomic E-state index is -0.845. The number of benzene rings is 1. The smallest absolute Gasteiger partial charge is 0.303 e. The lowest BCUT2D eigenvalue weighted by molar-refractivity contribution is -0.136. The summed E-state index contributed by atoms with van der Waals surface area (Å²) in [6, 6.07) is 5.23. The van der Waals surface area contributed by atoms with Crippen LogP contribution in [0.2, 0.25) is 0 Å². The monoisotopic (exact) mass is 250 g/mol. The van der Waals surface area contributed by atoms with Crippen molar-refractivity contribution in [1.82, 2.24) is 0 Å². The standard InChI is InChI=1S/C14H18O4/c1-9(2)14(17)11-8-10(5-7-13(15)16)4-6-12(11)18-3/h4,6,8-9H,5,7H2,1-3H3,(H,15,16). The van der Waals surface area contributed by atoms with E-state index < -0.39 is 5.97 Å². The lowest BCUT2D eigenvalue weighted by Gasteiger charge is -2.11. The van der Waals surface area contributed by atoms with Crippen LogP contribution in [-0.2, 0) is 11.2 Å². The Morgan fingerprint density at radius 1 is 1.33 bits per heavy atom. The number of carbonyl (C=O) groups excluding carboxylic acids is 1. The summed E-state index contributed by atoms with van der Waals surface area (Å²) < 4.78 is 5.16. The molecule has 1 rings (SSSR count). The zero-order chi connectivity index (χ0) is 13.7. The Hall–Kier alpha value is -1.84. The molecular formula is C14H18O4. The number of carboxylic acid groups (broad SMARTS) is 1. The van der Waals surface area contributed by atoms with Crippen molar-refractivity contribution in [3.63, 3.8) is 0 Å². The third-order valence-electron chi connectivity index (χ3n) is 2.68. The van der Waals surface area contributed by atoms with Crippen LogP contribution in [0.5, 0.6) is 5.75 Å². The van der Waals surface area contributed by atoms with Crippen LogP contribution in [0.3, 0.4) is 0 Å². The van der Waals surface area contributed by atoms with Gasteiger partial charge in [0.25, 0.3) is 0 Å². The normalized spacial score (nSPS) is 10.4. The fourth-order valence-corrected chi connectivity index (χ4v) is 1.67. The fraction of sp³-hybridized carbons (Fsp3) is 0.429. The highest BCUT2D eigenvalue weighted by Crippen LogP contribution is 2.23. The Labute approximate surface area is 107 Å². The number of methoxy groups -OCH3 is 1. The SMILES string of the molecule is COc1ccc(CCC(=O)O)cc1C(=O)C(C)C. The first kappa shape index (κ1) is 14.2. The second kappa shape index (κ2) is 6.19. The summed E-state index contributed by atoms with van der Waals surface area (Å²) in [4.78, 5) is 22.5. The van der Waals surface area contributed by atoms with E-state index in [4.69, 9.17) is 9.84 Å². The van der Waals surface area contributed by atoms with Gasteiger partial charge in [-0.05, 0) is 24.1 Å². The number of carboxylic acids is 1. The van der Waals surface area contributed by atoms with Crippen molar-refractivity contribution < 1.29 is 19.4 Å². The molecule has 18 heavy (non-hydrogen) atoms. The quantitative estimate of drug-likeness (QED) is 0.788. The predicted octanol–water partition coefficient (Wildman–Crippen LogP) is 2.55. The summed E-state index contributed by atoms with van der Waals surface area (Å²) in [5, 5.41) is 8.65. The Morgan fingerprint density at radius 2 is 2.00 bits per heavy atom. The zero-order valence-electron chi connectivity index (χ0n) is 10.9. The van der Waals surface area contributed by atoms with Gasteiger partial charge in [-0.25, -0.2) is 0 Å². The Kier molecular flexibility index (Phi) is 4.89. The molecule has 0 bridgehead atoms. The Balaban J connectivity index is 3.01. The van der Waals surface area contributed by atoms with E-state index in [1.807, 2.05) is 13.8 Å². The van der Waals surface area contributed by atoms with Gasteiger partial charge >= 0.3 is 5.97 Å². The summed E-state index contributed by atoms with van der Waals surface area (Å²) in [6.45, 7) is 3.65. The van der Waals surface area contributed by atoms with Gasteiger partial charge in [0, 0.05) is 12.3 Å². The molecule has 0 saturated heterocycles. The maximum atomic E-state index is 12.0. The molecule has 4 heteroatoms. The number of ether oxygens (including phenoxy) is 1. The van der Waals surface area contributed by atoms with Gasteiger partial charge in [-0.3, -0.25) is 9.59 Å². The van der Waals surface area contributed by atoms with Crippen molar-refractivity contribution in [3.05, 3.63) is 29.3 Å². The molecule has 0 heterocycles. The molecule has 0 aliphatic heterocycles. The van der Waals surface area contributed by atoms with Gasteiger partial charge in [-0.15, -0.1) is 0 Å². The highest BCUT2D eigenvalue weighted by molar-refractivity contribution is 6.00. The Morgan fingerprint density at radius 3 is 2.50 bits per heavy atom. The number of aliphatic carboxylic acids is 1. The first-order valence-corrected chi connectivity index (χ1v) is 5.88. The summed E-state index contributed by atoms with van der Waals surface area (Å²) in [5.74, 6) is -0.423. The van der Waals surface area contributed by atoms with Crippen LogP contribution in [0.25, 0.3) is 0 Å². The second-order valence-electron chi connectivity index (χ2n) is 4.45. The third kappa shape index (κ3) is 3.58. The molecule has 98 valence electrons. The average molecular weight is 250 g/mol. The van der Waals surface area contributed by atoms with Gasteiger partial charge in [0.2, 0.25) is 0 Å². The maximum absolute atomic E-state index is 12.0. The summed E-state index contributed by atoms with van der Waals surface area (Å²) >= 11 is 0. The van der Waals surface area contributed by atoms with Crippen molar-refractivity contribution >= 4 is 11.8 Å². The zero-order valence-corrected chi connectivity index (χ0v) is 10.9. The van der Waals surface area contributed by atoms with E-state index in [2.05, 4.69) is 0 Å². The van der Waals surface area contributed by atoms with E-state index >= 15 is 0 Å². The number of ketones is 1. The second-order valence-corrected chi connectivity index (χ2v) is 4.45. The van der Waals surface area contributed by atoms with Crippen LogP contribution in [0.4, 0.5) is 0 Å². The van der Waals surface area contributed by atoms with Crippen molar-refractivity contribution in [1.29, 1.82) is 0 Å². The lowest BCUT2D eigenvalue weighted by atomic mass is 9.97. The highest BCUT2D eigenvalue weighted by Gasteiger charge is 2.16. The van der Waals surface area contributed by atoms with E-state index in [9.17, 15) is 9.59 Å². The molecule has 0 radical (unpaired) electrons. The summed E-state index contributed by atoms with van der Waals surface area (Å²) in [6.07, 6.45) is 0.472. The molecule has 1 aromatic rings. The third-order valence-corrected chi connectivity index (χ3v) is 2.68. The largest absolute Gasteiger partial charge is 0.496 e. The molecule has 0 aromatic heterocycles. The van der Waals surface area contributed by atoms with Gasteiger partial charge in [0.05, 0.1) is 12.7 Å². The van der Waals surface area contributed by atoms with Gasteiger partial charge < -0.3 is 9.84 Å². The van der Waals surface area contributed by atoms with Gasteiger partial charge in [-0.1, -0.05) is 19.9 Å². The van der Waals surface area contributed by atoms with Crippen LogP contribution >= 0.6 is 0 Å². The molecule has 0 fully saturated rings. The first-order valence-electron chi connectivity index (χ1n) is 5.88. The molecule has 0 atom stereocenters. The van der Waals surface area contributed by atoms with E-state index in [1.165, 1.54) is 7.11 Å². The van der Waals surface area contributed by atoms with E-state index in [1.54, 1.807) is 18.2 Å². The molecule has 0 spiro atoms. The summed E-state index contributed by atoms with van der Waals surface area (Å²) in [5.41, 5.74) is 1.36. The van der Waals surface area contributed by atoms with Crippen molar-refractivity contribution in [2.45, 2.75) is 26.7 Å². The first-order chi connectivity index (χ1) is 8.45. The molecule has 0 amide bonds. The molecule has 0 unspecified atom stereocenters. The van der Waals surface area contributed by atoms with Crippen LogP contribution in [-0.4, -0.2) is 24.0 Å². The van der Waals surface area contributed by atoms with Crippen LogP contribution in [0, 0.1) is 5.92 Å². The molecule has 1 aromatic carbocycles. The van der Waals surface area contributed by atoms with Gasteiger partial charge in [0.1, 0.15) is 5.75 Å². The summed E-state index contributed by atoms with van der Waals surface area (Å²) in [7, 11) is 1.52. The van der Waals surface area contributed by atoms with Crippen LogP contribution in [0.1, 0.15) is 36.2 Å². The van der Waals surface area contributed by atoms with Crippen LogP contribution < -0.4 is 4.74 Å². The van der Waals surface area contributed by atoms with Crippen molar-refractivity contribution in [3.8, 4) is 5.75 Å². The average Bonchev–Trinajstić information content (AvgIpc) is 2.34. The number of rotatable bonds is 6. The minimum Gasteiger partial charge on any atom is -0.496 e. The van der Waals surface area contributed by atoms with Crippen molar-refractivity contribution in [2.75, 3.05) is 7.11 Å². The van der Waals surface area contributed by atoms with E-state index in [-0.39, 0.29) is 18.1 Å². The number of hydrogen-bond donors (Lipinski definition) is 1. The van der Waals surface area contributed by atoms with E-state index in [0.29, 0.717) is 17.7 Å². The van der Waals surface area contributed by atoms with E-state index in [0.717, 1.165) is 5.56 Å². The molecule has 0 aliphatic carbocycles.